The molecule has 1 amide bonds. The van der Waals surface area contributed by atoms with Crippen molar-refractivity contribution in [1.82, 2.24) is 9.88 Å². The van der Waals surface area contributed by atoms with Crippen molar-refractivity contribution < 1.29 is 9.53 Å². The van der Waals surface area contributed by atoms with Gasteiger partial charge in [0.1, 0.15) is 17.9 Å². The molecule has 0 aliphatic rings. The average Bonchev–Trinajstić information content (AvgIpc) is 2.54. The lowest BCUT2D eigenvalue weighted by molar-refractivity contribution is 0.0783. The predicted molar refractivity (Wildman–Crippen MR) is 85.0 cm³/mol. The maximum atomic E-state index is 12.2. The van der Waals surface area contributed by atoms with E-state index in [4.69, 9.17) is 4.74 Å². The number of benzene rings is 1. The summed E-state index contributed by atoms with van der Waals surface area (Å²) in [5, 5.41) is 0. The van der Waals surface area contributed by atoms with E-state index < -0.39 is 0 Å². The minimum absolute atomic E-state index is 0.135. The van der Waals surface area contributed by atoms with Crippen molar-refractivity contribution in [2.24, 2.45) is 0 Å². The van der Waals surface area contributed by atoms with Gasteiger partial charge in [0.25, 0.3) is 11.5 Å². The van der Waals surface area contributed by atoms with Crippen molar-refractivity contribution >= 4 is 5.91 Å². The maximum absolute atomic E-state index is 12.2. The smallest absolute Gasteiger partial charge is 0.260 e. The maximum Gasteiger partial charge on any atom is 0.260 e. The van der Waals surface area contributed by atoms with Gasteiger partial charge in [-0.3, -0.25) is 9.59 Å². The van der Waals surface area contributed by atoms with Crippen LogP contribution in [0.1, 0.15) is 15.9 Å². The van der Waals surface area contributed by atoms with E-state index in [1.165, 1.54) is 17.2 Å². The van der Waals surface area contributed by atoms with Gasteiger partial charge in [-0.05, 0) is 29.8 Å². The number of hydrogen-bond donors (Lipinski definition) is 1. The molecule has 22 heavy (non-hydrogen) atoms. The first-order chi connectivity index (χ1) is 10.6. The van der Waals surface area contributed by atoms with Gasteiger partial charge in [-0.1, -0.05) is 24.8 Å². The molecule has 1 aromatic heterocycles. The molecule has 0 aliphatic carbocycles. The van der Waals surface area contributed by atoms with E-state index in [2.05, 4.69) is 11.6 Å². The van der Waals surface area contributed by atoms with Crippen LogP contribution in [-0.2, 0) is 6.54 Å². The summed E-state index contributed by atoms with van der Waals surface area (Å²) < 4.78 is 5.40. The number of H-pyrrole nitrogens is 1. The summed E-state index contributed by atoms with van der Waals surface area (Å²) in [4.78, 5) is 27.9. The summed E-state index contributed by atoms with van der Waals surface area (Å²) in [6.45, 7) is 4.46. The van der Waals surface area contributed by atoms with Crippen LogP contribution in [0.5, 0.6) is 5.75 Å². The van der Waals surface area contributed by atoms with Crippen molar-refractivity contribution in [3.63, 3.8) is 0 Å². The second-order valence-corrected chi connectivity index (χ2v) is 4.82. The highest BCUT2D eigenvalue weighted by molar-refractivity contribution is 5.93. The number of aromatic nitrogens is 1. The van der Waals surface area contributed by atoms with Crippen LogP contribution in [-0.4, -0.2) is 29.4 Å². The molecule has 0 radical (unpaired) electrons. The lowest BCUT2D eigenvalue weighted by Gasteiger charge is -2.17. The zero-order valence-corrected chi connectivity index (χ0v) is 12.4. The third-order valence-corrected chi connectivity index (χ3v) is 3.11. The number of carbonyl (C=O) groups excluding carboxylic acids is 1. The van der Waals surface area contributed by atoms with Gasteiger partial charge in [-0.15, -0.1) is 0 Å². The van der Waals surface area contributed by atoms with E-state index in [0.29, 0.717) is 13.2 Å². The lowest BCUT2D eigenvalue weighted by atomic mass is 10.2. The number of pyridine rings is 1. The Hall–Kier alpha value is -2.82. The molecule has 0 saturated carbocycles. The molecular formula is C17H18N2O3. The molecule has 0 bridgehead atoms. The van der Waals surface area contributed by atoms with E-state index in [-0.39, 0.29) is 17.0 Å². The van der Waals surface area contributed by atoms with Crippen molar-refractivity contribution in [3.8, 4) is 5.75 Å². The fourth-order valence-electron chi connectivity index (χ4n) is 1.99. The summed E-state index contributed by atoms with van der Waals surface area (Å²) in [5.74, 6) is 0.436. The quantitative estimate of drug-likeness (QED) is 0.832. The van der Waals surface area contributed by atoms with Crippen LogP contribution in [0.3, 0.4) is 0 Å². The van der Waals surface area contributed by atoms with Gasteiger partial charge < -0.3 is 14.6 Å². The molecule has 1 aromatic carbocycles. The third kappa shape index (κ3) is 3.85. The van der Waals surface area contributed by atoms with E-state index in [9.17, 15) is 9.59 Å². The Morgan fingerprint density at radius 3 is 2.68 bits per heavy atom. The van der Waals surface area contributed by atoms with Crippen LogP contribution < -0.4 is 10.3 Å². The number of carbonyl (C=O) groups is 1. The third-order valence-electron chi connectivity index (χ3n) is 3.11. The first-order valence-corrected chi connectivity index (χ1v) is 6.87. The van der Waals surface area contributed by atoms with Gasteiger partial charge in [0, 0.05) is 19.8 Å². The molecule has 0 unspecified atom stereocenters. The molecular weight excluding hydrogens is 280 g/mol. The van der Waals surface area contributed by atoms with E-state index in [1.807, 2.05) is 24.3 Å². The van der Waals surface area contributed by atoms with Crippen molar-refractivity contribution in [2.75, 3.05) is 13.7 Å². The van der Waals surface area contributed by atoms with E-state index in [0.717, 1.165) is 11.3 Å². The summed E-state index contributed by atoms with van der Waals surface area (Å²) in [5.41, 5.74) is 0.706. The second kappa shape index (κ2) is 7.26. The molecule has 2 rings (SSSR count). The number of nitrogens with zero attached hydrogens (tertiary/aromatic N) is 1. The Bertz CT molecular complexity index is 704. The summed E-state index contributed by atoms with van der Waals surface area (Å²) in [6, 6.07) is 10.6. The molecule has 5 heteroatoms. The van der Waals surface area contributed by atoms with Crippen LogP contribution >= 0.6 is 0 Å². The van der Waals surface area contributed by atoms with Gasteiger partial charge >= 0.3 is 0 Å². The summed E-state index contributed by atoms with van der Waals surface area (Å²) in [6.07, 6.45) is 3.18. The topological polar surface area (TPSA) is 62.4 Å². The van der Waals surface area contributed by atoms with Crippen molar-refractivity contribution in [1.29, 1.82) is 0 Å². The van der Waals surface area contributed by atoms with E-state index >= 15 is 0 Å². The molecule has 1 N–H and O–H groups in total. The highest BCUT2D eigenvalue weighted by Crippen LogP contribution is 2.14. The monoisotopic (exact) mass is 298 g/mol. The molecule has 2 aromatic rings. The van der Waals surface area contributed by atoms with Crippen LogP contribution in [0.25, 0.3) is 0 Å². The fourth-order valence-corrected chi connectivity index (χ4v) is 1.99. The molecule has 1 heterocycles. The van der Waals surface area contributed by atoms with Gasteiger partial charge in [-0.25, -0.2) is 0 Å². The Kier molecular flexibility index (Phi) is 5.14. The number of hydrogen-bond acceptors (Lipinski definition) is 3. The van der Waals surface area contributed by atoms with Crippen LogP contribution in [0.2, 0.25) is 0 Å². The SMILES string of the molecule is C=CCOc1ccc(CN(C)C(=O)c2ccc[nH]c2=O)cc1. The Morgan fingerprint density at radius 2 is 2.05 bits per heavy atom. The minimum atomic E-state index is -0.382. The van der Waals surface area contributed by atoms with Crippen molar-refractivity contribution in [2.45, 2.75) is 6.54 Å². The second-order valence-electron chi connectivity index (χ2n) is 4.82. The Morgan fingerprint density at radius 1 is 1.32 bits per heavy atom. The summed E-state index contributed by atoms with van der Waals surface area (Å²) >= 11 is 0. The van der Waals surface area contributed by atoms with Gasteiger partial charge in [0.05, 0.1) is 0 Å². The molecule has 114 valence electrons. The molecule has 0 fully saturated rings. The number of ether oxygens (including phenoxy) is 1. The molecule has 0 spiro atoms. The molecule has 0 saturated heterocycles. The standard InChI is InChI=1S/C17H18N2O3/c1-3-11-22-14-8-6-13(7-9-14)12-19(2)17(21)15-5-4-10-18-16(15)20/h3-10H,1,11-12H2,2H3,(H,18,20). The first-order valence-electron chi connectivity index (χ1n) is 6.87. The number of amides is 1. The summed E-state index contributed by atoms with van der Waals surface area (Å²) in [7, 11) is 1.66. The zero-order valence-electron chi connectivity index (χ0n) is 12.4. The Balaban J connectivity index is 2.04. The van der Waals surface area contributed by atoms with Gasteiger partial charge in [0.15, 0.2) is 0 Å². The zero-order chi connectivity index (χ0) is 15.9. The van der Waals surface area contributed by atoms with Crippen LogP contribution in [0.15, 0.2) is 60.0 Å². The number of nitrogens with one attached hydrogen (secondary N) is 1. The van der Waals surface area contributed by atoms with Crippen LogP contribution in [0, 0.1) is 0 Å². The first kappa shape index (κ1) is 15.6. The normalized spacial score (nSPS) is 10.0. The average molecular weight is 298 g/mol. The molecule has 5 nitrogen and oxygen atoms in total. The Labute approximate surface area is 128 Å². The van der Waals surface area contributed by atoms with E-state index in [1.54, 1.807) is 19.2 Å². The lowest BCUT2D eigenvalue weighted by Crippen LogP contribution is -2.31. The molecule has 0 aliphatic heterocycles. The van der Waals surface area contributed by atoms with Gasteiger partial charge in [-0.2, -0.15) is 0 Å². The van der Waals surface area contributed by atoms with Gasteiger partial charge in [0.2, 0.25) is 0 Å². The molecule has 0 atom stereocenters. The largest absolute Gasteiger partial charge is 0.490 e. The van der Waals surface area contributed by atoms with Crippen molar-refractivity contribution in [3.05, 3.63) is 76.7 Å². The predicted octanol–water partition coefficient (Wildman–Crippen LogP) is 2.21. The highest BCUT2D eigenvalue weighted by Gasteiger charge is 2.15. The highest BCUT2D eigenvalue weighted by atomic mass is 16.5. The minimum Gasteiger partial charge on any atom is -0.490 e. The number of aromatic amines is 1. The fraction of sp³-hybridized carbons (Fsp3) is 0.176. The van der Waals surface area contributed by atoms with Crippen LogP contribution in [0.4, 0.5) is 0 Å². The number of rotatable bonds is 6.